The summed E-state index contributed by atoms with van der Waals surface area (Å²) in [5, 5.41) is 3.56. The molecule has 0 unspecified atom stereocenters. The van der Waals surface area contributed by atoms with Gasteiger partial charge >= 0.3 is 0 Å². The van der Waals surface area contributed by atoms with Crippen molar-refractivity contribution in [3.05, 3.63) is 59.5 Å². The maximum absolute atomic E-state index is 13.2. The highest BCUT2D eigenvalue weighted by atomic mass is 19.1. The van der Waals surface area contributed by atoms with E-state index in [1.165, 1.54) is 12.1 Å². The molecule has 5 heteroatoms. The van der Waals surface area contributed by atoms with E-state index in [0.717, 1.165) is 16.5 Å². The number of nitrogens with two attached hydrogens (primary N) is 1. The monoisotopic (exact) mass is 283 g/mol. The predicted octanol–water partition coefficient (Wildman–Crippen LogP) is 3.45. The van der Waals surface area contributed by atoms with Crippen LogP contribution in [0.15, 0.2) is 42.5 Å². The smallest absolute Gasteiger partial charge is 0.272 e. The molecule has 3 aromatic rings. The SMILES string of the molecule is Cc1ccc(F)cc1NC(=O)c1cc2cc(N)ccc2[nH]1. The molecule has 1 heterocycles. The topological polar surface area (TPSA) is 70.9 Å². The minimum Gasteiger partial charge on any atom is -0.399 e. The number of aromatic amines is 1. The molecule has 0 atom stereocenters. The first-order chi connectivity index (χ1) is 10.0. The molecule has 3 rings (SSSR count). The van der Waals surface area contributed by atoms with Gasteiger partial charge < -0.3 is 16.0 Å². The fraction of sp³-hybridized carbons (Fsp3) is 0.0625. The molecule has 0 spiro atoms. The van der Waals surface area contributed by atoms with Crippen LogP contribution in [0.5, 0.6) is 0 Å². The second-order valence-corrected chi connectivity index (χ2v) is 4.94. The van der Waals surface area contributed by atoms with Gasteiger partial charge in [0.1, 0.15) is 11.5 Å². The molecule has 0 fully saturated rings. The Hall–Kier alpha value is -2.82. The number of halogens is 1. The van der Waals surface area contributed by atoms with Gasteiger partial charge in [-0.25, -0.2) is 4.39 Å². The number of aromatic nitrogens is 1. The normalized spacial score (nSPS) is 10.8. The second kappa shape index (κ2) is 4.94. The molecule has 0 radical (unpaired) electrons. The Morgan fingerprint density at radius 2 is 2.00 bits per heavy atom. The van der Waals surface area contributed by atoms with Crippen LogP contribution < -0.4 is 11.1 Å². The Kier molecular flexibility index (Phi) is 3.10. The lowest BCUT2D eigenvalue weighted by atomic mass is 10.2. The van der Waals surface area contributed by atoms with Crippen LogP contribution in [-0.4, -0.2) is 10.9 Å². The highest BCUT2D eigenvalue weighted by Gasteiger charge is 2.11. The molecule has 1 aromatic heterocycles. The molecule has 106 valence electrons. The number of benzene rings is 2. The lowest BCUT2D eigenvalue weighted by Gasteiger charge is -2.07. The van der Waals surface area contributed by atoms with Gasteiger partial charge in [0, 0.05) is 22.3 Å². The molecule has 0 aliphatic heterocycles. The molecule has 0 saturated carbocycles. The average molecular weight is 283 g/mol. The zero-order valence-corrected chi connectivity index (χ0v) is 11.4. The van der Waals surface area contributed by atoms with E-state index in [9.17, 15) is 9.18 Å². The van der Waals surface area contributed by atoms with Crippen molar-refractivity contribution in [3.8, 4) is 0 Å². The molecule has 2 aromatic carbocycles. The molecular weight excluding hydrogens is 269 g/mol. The predicted molar refractivity (Wildman–Crippen MR) is 81.8 cm³/mol. The lowest BCUT2D eigenvalue weighted by molar-refractivity contribution is 0.102. The van der Waals surface area contributed by atoms with Crippen molar-refractivity contribution < 1.29 is 9.18 Å². The fourth-order valence-corrected chi connectivity index (χ4v) is 2.19. The first-order valence-corrected chi connectivity index (χ1v) is 6.49. The highest BCUT2D eigenvalue weighted by Crippen LogP contribution is 2.20. The fourth-order valence-electron chi connectivity index (χ4n) is 2.19. The highest BCUT2D eigenvalue weighted by molar-refractivity contribution is 6.06. The van der Waals surface area contributed by atoms with E-state index in [1.54, 1.807) is 31.2 Å². The summed E-state index contributed by atoms with van der Waals surface area (Å²) in [6, 6.07) is 11.4. The van der Waals surface area contributed by atoms with Crippen LogP contribution in [0.2, 0.25) is 0 Å². The minimum atomic E-state index is -0.389. The Balaban J connectivity index is 1.91. The zero-order valence-electron chi connectivity index (χ0n) is 11.4. The minimum absolute atomic E-state index is 0.321. The van der Waals surface area contributed by atoms with Crippen LogP contribution >= 0.6 is 0 Å². The number of hydrogen-bond acceptors (Lipinski definition) is 2. The Labute approximate surface area is 120 Å². The van der Waals surface area contributed by atoms with Gasteiger partial charge in [0.2, 0.25) is 0 Å². The van der Waals surface area contributed by atoms with Gasteiger partial charge in [0.25, 0.3) is 5.91 Å². The third-order valence-electron chi connectivity index (χ3n) is 3.34. The van der Waals surface area contributed by atoms with E-state index in [4.69, 9.17) is 5.73 Å². The molecule has 0 aliphatic carbocycles. The Bertz CT molecular complexity index is 839. The van der Waals surface area contributed by atoms with Crippen molar-refractivity contribution in [3.63, 3.8) is 0 Å². The number of carbonyl (C=O) groups excluding carboxylic acids is 1. The number of nitrogen functional groups attached to an aromatic ring is 1. The maximum atomic E-state index is 13.2. The van der Waals surface area contributed by atoms with E-state index in [1.807, 2.05) is 6.07 Å². The van der Waals surface area contributed by atoms with Crippen LogP contribution in [0, 0.1) is 12.7 Å². The van der Waals surface area contributed by atoms with Crippen molar-refractivity contribution in [1.82, 2.24) is 4.98 Å². The van der Waals surface area contributed by atoms with Crippen molar-refractivity contribution in [2.45, 2.75) is 6.92 Å². The molecule has 1 amide bonds. The maximum Gasteiger partial charge on any atom is 0.272 e. The van der Waals surface area contributed by atoms with Gasteiger partial charge in [-0.3, -0.25) is 4.79 Å². The van der Waals surface area contributed by atoms with Crippen LogP contribution in [0.4, 0.5) is 15.8 Å². The zero-order chi connectivity index (χ0) is 15.0. The molecule has 21 heavy (non-hydrogen) atoms. The molecule has 4 nitrogen and oxygen atoms in total. The quantitative estimate of drug-likeness (QED) is 0.630. The summed E-state index contributed by atoms with van der Waals surface area (Å²) in [6.45, 7) is 1.81. The van der Waals surface area contributed by atoms with E-state index in [-0.39, 0.29) is 11.7 Å². The number of carbonyl (C=O) groups is 1. The molecule has 4 N–H and O–H groups in total. The molecule has 0 saturated heterocycles. The Morgan fingerprint density at radius 1 is 1.19 bits per heavy atom. The van der Waals surface area contributed by atoms with E-state index in [2.05, 4.69) is 10.3 Å². The molecular formula is C16H14FN3O. The van der Waals surface area contributed by atoms with Gasteiger partial charge in [-0.2, -0.15) is 0 Å². The van der Waals surface area contributed by atoms with Crippen molar-refractivity contribution in [1.29, 1.82) is 0 Å². The van der Waals surface area contributed by atoms with Crippen LogP contribution in [0.3, 0.4) is 0 Å². The van der Waals surface area contributed by atoms with E-state index in [0.29, 0.717) is 17.1 Å². The summed E-state index contributed by atoms with van der Waals surface area (Å²) in [5.41, 5.74) is 8.83. The van der Waals surface area contributed by atoms with Gasteiger partial charge in [0.05, 0.1) is 0 Å². The van der Waals surface area contributed by atoms with Gasteiger partial charge in [-0.15, -0.1) is 0 Å². The number of anilines is 2. The number of H-pyrrole nitrogens is 1. The molecule has 0 bridgehead atoms. The second-order valence-electron chi connectivity index (χ2n) is 4.94. The average Bonchev–Trinajstić information content (AvgIpc) is 2.86. The van der Waals surface area contributed by atoms with Gasteiger partial charge in [-0.05, 0) is 48.9 Å². The number of aryl methyl sites for hydroxylation is 1. The standard InChI is InChI=1S/C16H14FN3O/c1-9-2-3-11(17)8-14(9)20-16(21)15-7-10-6-12(18)4-5-13(10)19-15/h2-8,19H,18H2,1H3,(H,20,21). The van der Waals surface area contributed by atoms with Crippen LogP contribution in [0.25, 0.3) is 10.9 Å². The van der Waals surface area contributed by atoms with Crippen molar-refractivity contribution in [2.24, 2.45) is 0 Å². The summed E-state index contributed by atoms with van der Waals surface area (Å²) in [4.78, 5) is 15.3. The third kappa shape index (κ3) is 2.58. The molecule has 0 aliphatic rings. The summed E-state index contributed by atoms with van der Waals surface area (Å²) in [6.07, 6.45) is 0. The largest absolute Gasteiger partial charge is 0.399 e. The number of amides is 1. The lowest BCUT2D eigenvalue weighted by Crippen LogP contribution is -2.13. The number of rotatable bonds is 2. The van der Waals surface area contributed by atoms with E-state index >= 15 is 0 Å². The van der Waals surface area contributed by atoms with E-state index < -0.39 is 0 Å². The van der Waals surface area contributed by atoms with Crippen molar-refractivity contribution >= 4 is 28.2 Å². The van der Waals surface area contributed by atoms with Crippen LogP contribution in [-0.2, 0) is 0 Å². The first-order valence-electron chi connectivity index (χ1n) is 6.49. The summed E-state index contributed by atoms with van der Waals surface area (Å²) in [5.74, 6) is -0.709. The summed E-state index contributed by atoms with van der Waals surface area (Å²) in [7, 11) is 0. The summed E-state index contributed by atoms with van der Waals surface area (Å²) >= 11 is 0. The Morgan fingerprint density at radius 3 is 2.81 bits per heavy atom. The third-order valence-corrected chi connectivity index (χ3v) is 3.34. The summed E-state index contributed by atoms with van der Waals surface area (Å²) < 4.78 is 13.2. The number of nitrogens with one attached hydrogen (secondary N) is 2. The van der Waals surface area contributed by atoms with Crippen LogP contribution in [0.1, 0.15) is 16.1 Å². The van der Waals surface area contributed by atoms with Gasteiger partial charge in [-0.1, -0.05) is 6.07 Å². The van der Waals surface area contributed by atoms with Gasteiger partial charge in [0.15, 0.2) is 0 Å². The number of fused-ring (bicyclic) bond motifs is 1. The van der Waals surface area contributed by atoms with Crippen molar-refractivity contribution in [2.75, 3.05) is 11.1 Å². The first kappa shape index (κ1) is 13.2. The number of hydrogen-bond donors (Lipinski definition) is 3.